The fourth-order valence-electron chi connectivity index (χ4n) is 2.75. The molecule has 1 fully saturated rings. The minimum atomic E-state index is 0.435. The van der Waals surface area contributed by atoms with Crippen molar-refractivity contribution in [2.75, 3.05) is 5.32 Å². The third-order valence-electron chi connectivity index (χ3n) is 4.07. The average Bonchev–Trinajstić information content (AvgIpc) is 2.39. The van der Waals surface area contributed by atoms with Crippen molar-refractivity contribution in [3.63, 3.8) is 0 Å². The number of nitrogens with one attached hydrogen (secondary N) is 1. The Labute approximate surface area is 140 Å². The number of benzene rings is 2. The summed E-state index contributed by atoms with van der Waals surface area (Å²) >= 11 is 18.5. The van der Waals surface area contributed by atoms with Crippen molar-refractivity contribution in [2.45, 2.75) is 31.7 Å². The fraction of sp³-hybridized carbons (Fsp3) is 0.294. The second-order valence-electron chi connectivity index (χ2n) is 5.65. The predicted octanol–water partition coefficient (Wildman–Crippen LogP) is 6.31. The molecule has 1 aliphatic rings. The zero-order chi connectivity index (χ0) is 15.0. The van der Waals surface area contributed by atoms with Gasteiger partial charge in [-0.1, -0.05) is 46.9 Å². The van der Waals surface area contributed by atoms with Gasteiger partial charge < -0.3 is 5.32 Å². The summed E-state index contributed by atoms with van der Waals surface area (Å²) in [5, 5.41) is 5.75. The van der Waals surface area contributed by atoms with Crippen molar-refractivity contribution in [1.29, 1.82) is 0 Å². The summed E-state index contributed by atoms with van der Waals surface area (Å²) in [7, 11) is 0. The van der Waals surface area contributed by atoms with Crippen LogP contribution in [0.25, 0.3) is 0 Å². The molecular formula is C17H16Cl3N. The van der Waals surface area contributed by atoms with Crippen molar-refractivity contribution in [2.24, 2.45) is 0 Å². The van der Waals surface area contributed by atoms with Crippen molar-refractivity contribution in [1.82, 2.24) is 0 Å². The molecule has 1 nitrogen and oxygen atoms in total. The van der Waals surface area contributed by atoms with E-state index in [0.717, 1.165) is 39.2 Å². The van der Waals surface area contributed by atoms with Crippen LogP contribution in [0.1, 0.15) is 29.9 Å². The van der Waals surface area contributed by atoms with Crippen molar-refractivity contribution >= 4 is 40.5 Å². The van der Waals surface area contributed by atoms with E-state index in [0.29, 0.717) is 12.0 Å². The molecule has 1 N–H and O–H groups in total. The topological polar surface area (TPSA) is 12.0 Å². The maximum absolute atomic E-state index is 6.26. The fourth-order valence-corrected chi connectivity index (χ4v) is 3.38. The monoisotopic (exact) mass is 339 g/mol. The quantitative estimate of drug-likeness (QED) is 0.690. The van der Waals surface area contributed by atoms with Crippen molar-refractivity contribution in [3.8, 4) is 0 Å². The van der Waals surface area contributed by atoms with E-state index in [1.165, 1.54) is 5.56 Å². The Morgan fingerprint density at radius 2 is 1.76 bits per heavy atom. The first-order valence-electron chi connectivity index (χ1n) is 7.00. The van der Waals surface area contributed by atoms with E-state index in [-0.39, 0.29) is 0 Å². The van der Waals surface area contributed by atoms with Gasteiger partial charge in [-0.05, 0) is 61.1 Å². The minimum absolute atomic E-state index is 0.435. The second-order valence-corrected chi connectivity index (χ2v) is 6.90. The Morgan fingerprint density at radius 1 is 1.00 bits per heavy atom. The Bertz CT molecular complexity index is 663. The van der Waals surface area contributed by atoms with Gasteiger partial charge in [0, 0.05) is 16.1 Å². The van der Waals surface area contributed by atoms with Gasteiger partial charge in [0.1, 0.15) is 0 Å². The van der Waals surface area contributed by atoms with E-state index in [1.54, 1.807) is 0 Å². The van der Waals surface area contributed by atoms with Gasteiger partial charge in [0.25, 0.3) is 0 Å². The smallest absolute Gasteiger partial charge is 0.0641 e. The number of hydrogen-bond donors (Lipinski definition) is 1. The molecule has 0 unspecified atom stereocenters. The average molecular weight is 341 g/mol. The third-order valence-corrected chi connectivity index (χ3v) is 5.02. The Kier molecular flexibility index (Phi) is 4.35. The zero-order valence-corrected chi connectivity index (χ0v) is 13.9. The first-order chi connectivity index (χ1) is 10.0. The second kappa shape index (κ2) is 6.08. The lowest BCUT2D eigenvalue weighted by molar-refractivity contribution is 0.374. The van der Waals surface area contributed by atoms with Gasteiger partial charge in [-0.15, -0.1) is 0 Å². The Morgan fingerprint density at radius 3 is 2.48 bits per heavy atom. The maximum Gasteiger partial charge on any atom is 0.0641 e. The lowest BCUT2D eigenvalue weighted by Gasteiger charge is -2.37. The lowest BCUT2D eigenvalue weighted by atomic mass is 9.76. The number of halogens is 3. The van der Waals surface area contributed by atoms with E-state index >= 15 is 0 Å². The van der Waals surface area contributed by atoms with Gasteiger partial charge in [-0.25, -0.2) is 0 Å². The summed E-state index contributed by atoms with van der Waals surface area (Å²) in [4.78, 5) is 0. The summed E-state index contributed by atoms with van der Waals surface area (Å²) in [6.45, 7) is 1.95. The molecule has 0 radical (unpaired) electrons. The van der Waals surface area contributed by atoms with Crippen LogP contribution in [0.15, 0.2) is 36.4 Å². The molecule has 0 spiro atoms. The van der Waals surface area contributed by atoms with E-state index < -0.39 is 0 Å². The normalized spacial score (nSPS) is 21.0. The molecule has 2 aromatic rings. The van der Waals surface area contributed by atoms with Gasteiger partial charge in [-0.2, -0.15) is 0 Å². The molecule has 0 heterocycles. The molecule has 110 valence electrons. The van der Waals surface area contributed by atoms with E-state index in [2.05, 4.69) is 17.4 Å². The highest BCUT2D eigenvalue weighted by Gasteiger charge is 2.30. The van der Waals surface area contributed by atoms with E-state index in [1.807, 2.05) is 31.2 Å². The van der Waals surface area contributed by atoms with E-state index in [9.17, 15) is 0 Å². The molecule has 2 aromatic carbocycles. The minimum Gasteiger partial charge on any atom is -0.381 e. The summed E-state index contributed by atoms with van der Waals surface area (Å²) in [5.74, 6) is 0.570. The summed E-state index contributed by atoms with van der Waals surface area (Å²) in [5.41, 5.74) is 3.23. The zero-order valence-electron chi connectivity index (χ0n) is 11.7. The highest BCUT2D eigenvalue weighted by molar-refractivity contribution is 6.35. The molecule has 0 atom stereocenters. The summed E-state index contributed by atoms with van der Waals surface area (Å²) in [6, 6.07) is 12.4. The standard InChI is InChI=1S/C17H16Cl3N/c1-10-5-16(20)17(9-15(10)19)21-14-7-12(8-14)11-3-2-4-13(18)6-11/h2-6,9,12,14,21H,7-8H2,1H3. The molecular weight excluding hydrogens is 325 g/mol. The largest absolute Gasteiger partial charge is 0.381 e. The van der Waals surface area contributed by atoms with Crippen LogP contribution in [-0.2, 0) is 0 Å². The molecule has 0 aliphatic heterocycles. The third kappa shape index (κ3) is 3.31. The molecule has 0 aromatic heterocycles. The number of rotatable bonds is 3. The Balaban J connectivity index is 1.64. The molecule has 3 rings (SSSR count). The van der Waals surface area contributed by atoms with Crippen LogP contribution in [0.3, 0.4) is 0 Å². The van der Waals surface area contributed by atoms with Crippen LogP contribution < -0.4 is 5.32 Å². The van der Waals surface area contributed by atoms with Gasteiger partial charge in [0.15, 0.2) is 0 Å². The summed E-state index contributed by atoms with van der Waals surface area (Å²) < 4.78 is 0. The number of aryl methyl sites for hydroxylation is 1. The molecule has 1 aliphatic carbocycles. The van der Waals surface area contributed by atoms with E-state index in [4.69, 9.17) is 34.8 Å². The maximum atomic E-state index is 6.26. The van der Waals surface area contributed by atoms with Gasteiger partial charge in [-0.3, -0.25) is 0 Å². The molecule has 0 bridgehead atoms. The van der Waals surface area contributed by atoms with Crippen LogP contribution in [0.2, 0.25) is 15.1 Å². The first-order valence-corrected chi connectivity index (χ1v) is 8.14. The Hall–Kier alpha value is -0.890. The lowest BCUT2D eigenvalue weighted by Crippen LogP contribution is -2.34. The molecule has 0 saturated heterocycles. The van der Waals surface area contributed by atoms with Crippen LogP contribution in [0, 0.1) is 6.92 Å². The van der Waals surface area contributed by atoms with Gasteiger partial charge in [0.2, 0.25) is 0 Å². The number of anilines is 1. The molecule has 0 amide bonds. The van der Waals surface area contributed by atoms with Crippen molar-refractivity contribution in [3.05, 3.63) is 62.6 Å². The summed E-state index contributed by atoms with van der Waals surface area (Å²) in [6.07, 6.45) is 2.17. The molecule has 21 heavy (non-hydrogen) atoms. The van der Waals surface area contributed by atoms with Crippen LogP contribution in [0.5, 0.6) is 0 Å². The van der Waals surface area contributed by atoms with Gasteiger partial charge in [0.05, 0.1) is 10.7 Å². The highest BCUT2D eigenvalue weighted by Crippen LogP contribution is 2.40. The van der Waals surface area contributed by atoms with Crippen LogP contribution in [0.4, 0.5) is 5.69 Å². The highest BCUT2D eigenvalue weighted by atomic mass is 35.5. The SMILES string of the molecule is Cc1cc(Cl)c(NC2CC(c3cccc(Cl)c3)C2)cc1Cl. The van der Waals surface area contributed by atoms with Crippen molar-refractivity contribution < 1.29 is 0 Å². The molecule has 1 saturated carbocycles. The first kappa shape index (κ1) is 15.0. The van der Waals surface area contributed by atoms with Crippen LogP contribution >= 0.6 is 34.8 Å². The number of hydrogen-bond acceptors (Lipinski definition) is 1. The van der Waals surface area contributed by atoms with Gasteiger partial charge >= 0.3 is 0 Å². The van der Waals surface area contributed by atoms with Crippen LogP contribution in [-0.4, -0.2) is 6.04 Å². The molecule has 4 heteroatoms. The predicted molar refractivity (Wildman–Crippen MR) is 92.0 cm³/mol.